The maximum absolute atomic E-state index is 13.3. The lowest BCUT2D eigenvalue weighted by Crippen LogP contribution is -2.12. The lowest BCUT2D eigenvalue weighted by Gasteiger charge is -2.09. The second-order valence-electron chi connectivity index (χ2n) is 6.79. The van der Waals surface area contributed by atoms with Crippen LogP contribution in [0.15, 0.2) is 78.1 Å². The number of hydrogen-bond donors (Lipinski definition) is 2. The number of fused-ring (bicyclic) bond motifs is 1. The summed E-state index contributed by atoms with van der Waals surface area (Å²) in [7, 11) is -4.08. The molecule has 2 N–H and O–H groups in total. The number of aromatic nitrogens is 2. The van der Waals surface area contributed by atoms with Crippen molar-refractivity contribution in [2.45, 2.75) is 17.7 Å². The minimum absolute atomic E-state index is 0.132. The summed E-state index contributed by atoms with van der Waals surface area (Å²) >= 11 is 0. The summed E-state index contributed by atoms with van der Waals surface area (Å²) in [5.74, 6) is -1.32. The molecular formula is C22H18N2O5S. The van der Waals surface area contributed by atoms with Gasteiger partial charge in [0.25, 0.3) is 10.0 Å². The Hall–Kier alpha value is -3.65. The monoisotopic (exact) mass is 422 g/mol. The van der Waals surface area contributed by atoms with Crippen LogP contribution in [0.1, 0.15) is 12.0 Å². The Morgan fingerprint density at radius 3 is 2.53 bits per heavy atom. The molecular weight excluding hydrogens is 404 g/mol. The number of benzene rings is 2. The Bertz CT molecular complexity index is 1340. The van der Waals surface area contributed by atoms with Crippen LogP contribution in [0.3, 0.4) is 0 Å². The fourth-order valence-corrected chi connectivity index (χ4v) is 4.88. The summed E-state index contributed by atoms with van der Waals surface area (Å²) in [6.07, 6.45) is 4.84. The zero-order valence-corrected chi connectivity index (χ0v) is 16.6. The van der Waals surface area contributed by atoms with Gasteiger partial charge in [-0.3, -0.25) is 9.78 Å². The average molecular weight is 422 g/mol. The predicted molar refractivity (Wildman–Crippen MR) is 112 cm³/mol. The zero-order chi connectivity index (χ0) is 21.3. The topological polar surface area (TPSA) is 109 Å². The molecule has 0 unspecified atom stereocenters. The highest BCUT2D eigenvalue weighted by molar-refractivity contribution is 7.90. The highest BCUT2D eigenvalue weighted by Crippen LogP contribution is 2.32. The molecule has 4 rings (SSSR count). The summed E-state index contributed by atoms with van der Waals surface area (Å²) in [5.41, 5.74) is 2.70. The van der Waals surface area contributed by atoms with E-state index in [4.69, 9.17) is 5.11 Å². The molecule has 0 saturated carbocycles. The fraction of sp³-hybridized carbons (Fsp3) is 0.0909. The summed E-state index contributed by atoms with van der Waals surface area (Å²) in [4.78, 5) is 15.0. The van der Waals surface area contributed by atoms with E-state index in [1.54, 1.807) is 36.7 Å². The summed E-state index contributed by atoms with van der Waals surface area (Å²) < 4.78 is 27.6. The van der Waals surface area contributed by atoms with Crippen molar-refractivity contribution in [3.63, 3.8) is 0 Å². The third kappa shape index (κ3) is 3.53. The number of carboxylic acids is 1. The molecule has 7 nitrogen and oxygen atoms in total. The minimum atomic E-state index is -4.08. The Morgan fingerprint density at radius 2 is 1.83 bits per heavy atom. The first-order valence-electron chi connectivity index (χ1n) is 9.17. The number of aliphatic carboxylic acids is 1. The first-order chi connectivity index (χ1) is 14.4. The van der Waals surface area contributed by atoms with Gasteiger partial charge in [0.1, 0.15) is 10.6 Å². The van der Waals surface area contributed by atoms with Crippen LogP contribution in [-0.4, -0.2) is 33.6 Å². The van der Waals surface area contributed by atoms with Gasteiger partial charge in [0.15, 0.2) is 0 Å². The van der Waals surface area contributed by atoms with Gasteiger partial charge in [-0.05, 0) is 47.9 Å². The third-order valence-corrected chi connectivity index (χ3v) is 6.58. The molecule has 0 radical (unpaired) electrons. The largest absolute Gasteiger partial charge is 0.507 e. The zero-order valence-electron chi connectivity index (χ0n) is 15.8. The molecule has 8 heteroatoms. The second-order valence-corrected chi connectivity index (χ2v) is 8.57. The number of para-hydroxylation sites is 1. The normalized spacial score (nSPS) is 11.6. The van der Waals surface area contributed by atoms with E-state index >= 15 is 0 Å². The van der Waals surface area contributed by atoms with Gasteiger partial charge in [0, 0.05) is 36.0 Å². The number of phenols is 1. The summed E-state index contributed by atoms with van der Waals surface area (Å²) in [5, 5.41) is 19.8. The molecule has 152 valence electrons. The van der Waals surface area contributed by atoms with Crippen LogP contribution in [0.2, 0.25) is 0 Å². The molecule has 0 spiro atoms. The first-order valence-corrected chi connectivity index (χ1v) is 10.6. The van der Waals surface area contributed by atoms with Gasteiger partial charge in [-0.25, -0.2) is 12.4 Å². The summed E-state index contributed by atoms with van der Waals surface area (Å²) in [6.45, 7) is 0. The molecule has 0 aliphatic carbocycles. The number of phenolic OH excluding ortho intramolecular Hbond substituents is 1. The number of hydrogen-bond acceptors (Lipinski definition) is 5. The van der Waals surface area contributed by atoms with Crippen LogP contribution < -0.4 is 0 Å². The standard InChI is InChI=1S/C22H18N2O5S/c25-20-5-1-2-6-21(20)30(28,29)24-14-17(8-10-22(26)27)18-12-15(7-9-19(18)24)16-4-3-11-23-13-16/h1-7,9,11-14,25H,8,10H2,(H,26,27). The Labute approximate surface area is 172 Å². The van der Waals surface area contributed by atoms with Crippen molar-refractivity contribution in [2.75, 3.05) is 0 Å². The van der Waals surface area contributed by atoms with E-state index in [-0.39, 0.29) is 23.5 Å². The maximum Gasteiger partial charge on any atom is 0.303 e. The van der Waals surface area contributed by atoms with E-state index in [1.807, 2.05) is 12.1 Å². The number of carbonyl (C=O) groups is 1. The third-order valence-electron chi connectivity index (χ3n) is 4.86. The quantitative estimate of drug-likeness (QED) is 0.491. The molecule has 0 fully saturated rings. The van der Waals surface area contributed by atoms with Crippen molar-refractivity contribution in [2.24, 2.45) is 0 Å². The van der Waals surface area contributed by atoms with Crippen molar-refractivity contribution in [3.05, 3.63) is 78.8 Å². The molecule has 30 heavy (non-hydrogen) atoms. The molecule has 0 bridgehead atoms. The number of pyridine rings is 1. The molecule has 2 aromatic carbocycles. The highest BCUT2D eigenvalue weighted by atomic mass is 32.2. The Kier molecular flexibility index (Phi) is 5.01. The van der Waals surface area contributed by atoms with Crippen LogP contribution in [0.5, 0.6) is 5.75 Å². The van der Waals surface area contributed by atoms with Crippen molar-refractivity contribution in [1.82, 2.24) is 8.96 Å². The second kappa shape index (κ2) is 7.64. The van der Waals surface area contributed by atoms with Gasteiger partial charge in [-0.2, -0.15) is 0 Å². The molecule has 0 atom stereocenters. The van der Waals surface area contributed by atoms with Crippen molar-refractivity contribution < 1.29 is 23.4 Å². The molecule has 0 aliphatic heterocycles. The van der Waals surface area contributed by atoms with Crippen molar-refractivity contribution in [1.29, 1.82) is 0 Å². The molecule has 0 aliphatic rings. The molecule has 2 aromatic heterocycles. The number of rotatable bonds is 6. The molecule has 0 amide bonds. The van der Waals surface area contributed by atoms with E-state index in [1.165, 1.54) is 24.4 Å². The fourth-order valence-electron chi connectivity index (χ4n) is 3.40. The maximum atomic E-state index is 13.3. The first kappa shape index (κ1) is 19.7. The van der Waals surface area contributed by atoms with Crippen LogP contribution in [0.25, 0.3) is 22.0 Å². The van der Waals surface area contributed by atoms with Gasteiger partial charge < -0.3 is 10.2 Å². The lowest BCUT2D eigenvalue weighted by molar-refractivity contribution is -0.136. The Balaban J connectivity index is 1.92. The van der Waals surface area contributed by atoms with Crippen LogP contribution >= 0.6 is 0 Å². The SMILES string of the molecule is O=C(O)CCc1cn(S(=O)(=O)c2ccccc2O)c2ccc(-c3cccnc3)cc12. The van der Waals surface area contributed by atoms with E-state index in [2.05, 4.69) is 4.98 Å². The van der Waals surface area contributed by atoms with Crippen molar-refractivity contribution >= 4 is 26.9 Å². The van der Waals surface area contributed by atoms with Crippen LogP contribution in [0, 0.1) is 0 Å². The van der Waals surface area contributed by atoms with Gasteiger partial charge in [0.05, 0.1) is 5.52 Å². The van der Waals surface area contributed by atoms with Crippen LogP contribution in [0.4, 0.5) is 0 Å². The average Bonchev–Trinajstić information content (AvgIpc) is 3.12. The van der Waals surface area contributed by atoms with E-state index in [9.17, 15) is 18.3 Å². The minimum Gasteiger partial charge on any atom is -0.507 e. The number of carboxylic acid groups (broad SMARTS) is 1. The smallest absolute Gasteiger partial charge is 0.303 e. The van der Waals surface area contributed by atoms with Gasteiger partial charge in [0.2, 0.25) is 0 Å². The Morgan fingerprint density at radius 1 is 1.03 bits per heavy atom. The van der Waals surface area contributed by atoms with E-state index in [0.29, 0.717) is 16.5 Å². The van der Waals surface area contributed by atoms with E-state index < -0.39 is 16.0 Å². The number of aromatic hydroxyl groups is 1. The van der Waals surface area contributed by atoms with Gasteiger partial charge in [-0.15, -0.1) is 0 Å². The van der Waals surface area contributed by atoms with Gasteiger partial charge >= 0.3 is 5.97 Å². The highest BCUT2D eigenvalue weighted by Gasteiger charge is 2.24. The number of nitrogens with zero attached hydrogens (tertiary/aromatic N) is 2. The van der Waals surface area contributed by atoms with E-state index in [0.717, 1.165) is 15.1 Å². The van der Waals surface area contributed by atoms with Crippen molar-refractivity contribution in [3.8, 4) is 16.9 Å². The molecule has 0 saturated heterocycles. The lowest BCUT2D eigenvalue weighted by atomic mass is 10.0. The number of aryl methyl sites for hydroxylation is 1. The summed E-state index contributed by atoms with van der Waals surface area (Å²) in [6, 6.07) is 14.7. The molecule has 2 heterocycles. The predicted octanol–water partition coefficient (Wildman–Crippen LogP) is 3.66. The van der Waals surface area contributed by atoms with Crippen LogP contribution in [-0.2, 0) is 21.2 Å². The molecule has 4 aromatic rings. The van der Waals surface area contributed by atoms with Gasteiger partial charge in [-0.1, -0.05) is 24.3 Å².